The van der Waals surface area contributed by atoms with Crippen LogP contribution in [0.25, 0.3) is 11.1 Å². The van der Waals surface area contributed by atoms with E-state index in [0.29, 0.717) is 25.2 Å². The Labute approximate surface area is 179 Å². The van der Waals surface area contributed by atoms with Gasteiger partial charge in [-0.3, -0.25) is 4.21 Å². The van der Waals surface area contributed by atoms with Crippen molar-refractivity contribution in [2.75, 3.05) is 18.0 Å². The Morgan fingerprint density at radius 2 is 1.84 bits per heavy atom. The summed E-state index contributed by atoms with van der Waals surface area (Å²) in [5, 5.41) is 0. The quantitative estimate of drug-likeness (QED) is 0.532. The van der Waals surface area contributed by atoms with Crippen LogP contribution in [0.4, 0.5) is 18.9 Å². The number of hydrogen-bond acceptors (Lipinski definition) is 5. The maximum atomic E-state index is 12.7. The van der Waals surface area contributed by atoms with Crippen LogP contribution in [0.2, 0.25) is 0 Å². The first-order valence-electron chi connectivity index (χ1n) is 9.55. The van der Waals surface area contributed by atoms with Gasteiger partial charge in [0.05, 0.1) is 17.8 Å². The minimum absolute atomic E-state index is 0.104. The molecule has 31 heavy (non-hydrogen) atoms. The highest BCUT2D eigenvalue weighted by Gasteiger charge is 2.31. The fourth-order valence-electron chi connectivity index (χ4n) is 3.55. The van der Waals surface area contributed by atoms with Crippen molar-refractivity contribution in [3.05, 3.63) is 72.4 Å². The molecule has 0 spiro atoms. The van der Waals surface area contributed by atoms with Crippen LogP contribution in [0.3, 0.4) is 0 Å². The Hall–Kier alpha value is -2.91. The summed E-state index contributed by atoms with van der Waals surface area (Å²) in [6.45, 7) is 0.956. The summed E-state index contributed by atoms with van der Waals surface area (Å²) in [6.07, 6.45) is -3.44. The second-order valence-corrected chi connectivity index (χ2v) is 8.05. The summed E-state index contributed by atoms with van der Waals surface area (Å²) in [7, 11) is 0. The van der Waals surface area contributed by atoms with E-state index in [1.54, 1.807) is 12.1 Å². The van der Waals surface area contributed by atoms with Gasteiger partial charge in [0.1, 0.15) is 6.10 Å². The lowest BCUT2D eigenvalue weighted by atomic mass is 10.1. The van der Waals surface area contributed by atoms with E-state index in [9.17, 15) is 21.9 Å². The minimum Gasteiger partial charge on any atom is -0.768 e. The number of anilines is 1. The summed E-state index contributed by atoms with van der Waals surface area (Å²) < 4.78 is 67.5. The number of hydrogen-bond donors (Lipinski definition) is 0. The molecule has 0 aliphatic carbocycles. The summed E-state index contributed by atoms with van der Waals surface area (Å²) in [6, 6.07) is 16.9. The van der Waals surface area contributed by atoms with Crippen molar-refractivity contribution < 1.29 is 26.7 Å². The molecule has 9 heteroatoms. The molecule has 2 atom stereocenters. The molecule has 0 radical (unpaired) electrons. The second kappa shape index (κ2) is 8.68. The minimum atomic E-state index is -4.45. The van der Waals surface area contributed by atoms with E-state index in [2.05, 4.69) is 4.98 Å². The summed E-state index contributed by atoms with van der Waals surface area (Å²) in [5.41, 5.74) is 1.44. The molecule has 5 nitrogen and oxygen atoms in total. The van der Waals surface area contributed by atoms with Crippen LogP contribution in [-0.2, 0) is 17.3 Å². The molecule has 1 aliphatic rings. The number of aromatic nitrogens is 1. The van der Waals surface area contributed by atoms with Gasteiger partial charge in [-0.05, 0) is 40.4 Å². The van der Waals surface area contributed by atoms with Gasteiger partial charge in [-0.25, -0.2) is 4.98 Å². The summed E-state index contributed by atoms with van der Waals surface area (Å²) in [4.78, 5) is 5.82. The zero-order valence-corrected chi connectivity index (χ0v) is 17.0. The maximum Gasteiger partial charge on any atom is 0.417 e. The molecule has 4 rings (SSSR count). The van der Waals surface area contributed by atoms with Crippen LogP contribution in [0.1, 0.15) is 12.0 Å². The number of alkyl halides is 3. The lowest BCUT2D eigenvalue weighted by Gasteiger charge is -2.23. The molecule has 1 saturated heterocycles. The maximum absolute atomic E-state index is 12.7. The van der Waals surface area contributed by atoms with Crippen LogP contribution in [0, 0.1) is 0 Å². The topological polar surface area (TPSA) is 65.5 Å². The van der Waals surface area contributed by atoms with E-state index in [0.717, 1.165) is 23.4 Å². The van der Waals surface area contributed by atoms with Crippen LogP contribution in [-0.4, -0.2) is 32.9 Å². The van der Waals surface area contributed by atoms with E-state index in [-0.39, 0.29) is 16.9 Å². The number of rotatable bonds is 5. The van der Waals surface area contributed by atoms with Crippen molar-refractivity contribution in [1.29, 1.82) is 0 Å². The average Bonchev–Trinajstić information content (AvgIpc) is 3.22. The van der Waals surface area contributed by atoms with Gasteiger partial charge >= 0.3 is 6.18 Å². The van der Waals surface area contributed by atoms with E-state index in [1.165, 1.54) is 6.07 Å². The Kier molecular flexibility index (Phi) is 5.97. The molecule has 2 heterocycles. The Balaban J connectivity index is 1.49. The molecule has 2 aromatic carbocycles. The van der Waals surface area contributed by atoms with Crippen LogP contribution in [0.15, 0.2) is 71.8 Å². The monoisotopic (exact) mass is 447 g/mol. The van der Waals surface area contributed by atoms with Crippen molar-refractivity contribution in [1.82, 2.24) is 4.98 Å². The molecule has 1 fully saturated rings. The van der Waals surface area contributed by atoms with Gasteiger partial charge in [-0.15, -0.1) is 0 Å². The van der Waals surface area contributed by atoms with E-state index in [1.807, 2.05) is 41.3 Å². The lowest BCUT2D eigenvalue weighted by molar-refractivity contribution is -0.137. The van der Waals surface area contributed by atoms with Crippen molar-refractivity contribution in [3.63, 3.8) is 0 Å². The highest BCUT2D eigenvalue weighted by molar-refractivity contribution is 7.79. The van der Waals surface area contributed by atoms with Crippen molar-refractivity contribution in [2.45, 2.75) is 23.6 Å². The molecule has 2 unspecified atom stereocenters. The molecule has 162 valence electrons. The number of pyridine rings is 1. The fourth-order valence-corrected chi connectivity index (χ4v) is 4.14. The van der Waals surface area contributed by atoms with Gasteiger partial charge in [0.2, 0.25) is 5.88 Å². The van der Waals surface area contributed by atoms with Gasteiger partial charge in [0.15, 0.2) is 0 Å². The van der Waals surface area contributed by atoms with Gasteiger partial charge in [-0.2, -0.15) is 13.2 Å². The molecule has 0 N–H and O–H groups in total. The summed E-state index contributed by atoms with van der Waals surface area (Å²) >= 11 is -2.43. The van der Waals surface area contributed by atoms with Gasteiger partial charge in [0.25, 0.3) is 0 Å². The molecule has 0 saturated carbocycles. The third-order valence-corrected chi connectivity index (χ3v) is 5.77. The first-order valence-corrected chi connectivity index (χ1v) is 10.6. The third-order valence-electron chi connectivity index (χ3n) is 5.08. The molecular formula is C22H18F3N2O3S-. The van der Waals surface area contributed by atoms with Crippen LogP contribution < -0.4 is 9.64 Å². The fraction of sp³-hybridized carbons (Fsp3) is 0.227. The predicted molar refractivity (Wildman–Crippen MR) is 110 cm³/mol. The predicted octanol–water partition coefficient (Wildman–Crippen LogP) is 4.66. The average molecular weight is 447 g/mol. The Morgan fingerprint density at radius 3 is 2.48 bits per heavy atom. The molecule has 0 amide bonds. The van der Waals surface area contributed by atoms with E-state index in [4.69, 9.17) is 4.74 Å². The lowest BCUT2D eigenvalue weighted by Crippen LogP contribution is -2.25. The van der Waals surface area contributed by atoms with Crippen molar-refractivity contribution in [3.8, 4) is 17.0 Å². The number of nitrogens with zero attached hydrogens (tertiary/aromatic N) is 2. The highest BCUT2D eigenvalue weighted by atomic mass is 32.2. The number of ether oxygens (including phenoxy) is 1. The normalized spacial score (nSPS) is 17.5. The zero-order valence-electron chi connectivity index (χ0n) is 16.2. The van der Waals surface area contributed by atoms with Crippen LogP contribution >= 0.6 is 0 Å². The zero-order chi connectivity index (χ0) is 22.0. The van der Waals surface area contributed by atoms with Crippen LogP contribution in [0.5, 0.6) is 5.88 Å². The molecular weight excluding hydrogens is 429 g/mol. The smallest absolute Gasteiger partial charge is 0.417 e. The van der Waals surface area contributed by atoms with Crippen molar-refractivity contribution in [2.24, 2.45) is 0 Å². The van der Waals surface area contributed by atoms with Crippen molar-refractivity contribution >= 4 is 16.8 Å². The third kappa shape index (κ3) is 4.88. The number of halogens is 3. The summed E-state index contributed by atoms with van der Waals surface area (Å²) in [5.74, 6) is 0.104. The molecule has 0 bridgehead atoms. The van der Waals surface area contributed by atoms with E-state index < -0.39 is 22.8 Å². The first kappa shape index (κ1) is 21.3. The van der Waals surface area contributed by atoms with Gasteiger partial charge < -0.3 is 14.2 Å². The highest BCUT2D eigenvalue weighted by Crippen LogP contribution is 2.33. The number of benzene rings is 2. The van der Waals surface area contributed by atoms with E-state index >= 15 is 0 Å². The SMILES string of the molecule is O=S([O-])c1cc(-c2ccccc2)ccc1N1CCC(Oc2ccc(C(F)(F)F)cn2)C1. The Bertz CT molecular complexity index is 1080. The largest absolute Gasteiger partial charge is 0.768 e. The van der Waals surface area contributed by atoms with Gasteiger partial charge in [0, 0.05) is 30.1 Å². The second-order valence-electron chi connectivity index (χ2n) is 7.14. The standard InChI is InChI=1S/C22H19F3N2O3S/c23-22(24,25)17-7-9-21(26-13-17)30-18-10-11-27(14-18)19-8-6-16(12-20(19)31(28)29)15-4-2-1-3-5-15/h1-9,12-13,18H,10-11,14H2,(H,28,29)/p-1. The van der Waals surface area contributed by atoms with Gasteiger partial charge in [-0.1, -0.05) is 36.4 Å². The molecule has 1 aliphatic heterocycles. The molecule has 1 aromatic heterocycles. The molecule has 3 aromatic rings. The first-order chi connectivity index (χ1) is 14.8. The Morgan fingerprint density at radius 1 is 1.06 bits per heavy atom.